The fourth-order valence-electron chi connectivity index (χ4n) is 2.67. The van der Waals surface area contributed by atoms with Crippen LogP contribution in [0.3, 0.4) is 0 Å². The van der Waals surface area contributed by atoms with Gasteiger partial charge in [-0.3, -0.25) is 4.79 Å². The van der Waals surface area contributed by atoms with Crippen LogP contribution < -0.4 is 15.8 Å². The number of piperidine rings is 1. The number of likely N-dealkylation sites (N-methyl/N-ethyl adjacent to an activating group) is 1. The summed E-state index contributed by atoms with van der Waals surface area (Å²) in [5, 5.41) is 7.90. The van der Waals surface area contributed by atoms with Gasteiger partial charge >= 0.3 is 0 Å². The zero-order valence-corrected chi connectivity index (χ0v) is 13.4. The molecule has 0 aromatic carbocycles. The third kappa shape index (κ3) is 3.96. The minimum Gasteiger partial charge on any atom is -0.383 e. The highest BCUT2D eigenvalue weighted by molar-refractivity contribution is 6.33. The predicted octanol–water partition coefficient (Wildman–Crippen LogP) is 1.12. The van der Waals surface area contributed by atoms with Crippen LogP contribution in [-0.4, -0.2) is 49.2 Å². The Morgan fingerprint density at radius 3 is 3.10 bits per heavy atom. The molecule has 1 atom stereocenters. The van der Waals surface area contributed by atoms with Crippen molar-refractivity contribution in [2.45, 2.75) is 32.4 Å². The Bertz CT molecular complexity index is 518. The summed E-state index contributed by atoms with van der Waals surface area (Å²) in [6, 6.07) is 0.440. The molecule has 2 heterocycles. The molecule has 0 aliphatic carbocycles. The minimum atomic E-state index is -0.253. The molecule has 1 unspecified atom stereocenters. The first kappa shape index (κ1) is 16.3. The van der Waals surface area contributed by atoms with Gasteiger partial charge < -0.3 is 15.0 Å². The largest absolute Gasteiger partial charge is 0.383 e. The zero-order chi connectivity index (χ0) is 15.2. The maximum atomic E-state index is 12.2. The van der Waals surface area contributed by atoms with Gasteiger partial charge in [-0.05, 0) is 19.4 Å². The van der Waals surface area contributed by atoms with Crippen LogP contribution in [0, 0.1) is 0 Å². The van der Waals surface area contributed by atoms with Gasteiger partial charge in [0, 0.05) is 26.2 Å². The SMILES string of the molecule is CCNC1CCCN(c2cnn(CCOC)c(=O)c2Cl)C1. The van der Waals surface area contributed by atoms with Gasteiger partial charge in [0.1, 0.15) is 5.02 Å². The lowest BCUT2D eigenvalue weighted by atomic mass is 10.1. The van der Waals surface area contributed by atoms with Crippen molar-refractivity contribution in [3.8, 4) is 0 Å². The molecule has 21 heavy (non-hydrogen) atoms. The lowest BCUT2D eigenvalue weighted by Gasteiger charge is -2.34. The molecule has 2 rings (SSSR count). The van der Waals surface area contributed by atoms with Crippen molar-refractivity contribution < 1.29 is 4.74 Å². The second kappa shape index (κ2) is 7.77. The smallest absolute Gasteiger partial charge is 0.287 e. The molecule has 118 valence electrons. The molecule has 0 amide bonds. The Balaban J connectivity index is 2.16. The number of ether oxygens (including phenoxy) is 1. The van der Waals surface area contributed by atoms with E-state index in [1.54, 1.807) is 13.3 Å². The fourth-order valence-corrected chi connectivity index (χ4v) is 2.93. The normalized spacial score (nSPS) is 19.0. The highest BCUT2D eigenvalue weighted by Crippen LogP contribution is 2.24. The number of nitrogens with zero attached hydrogens (tertiary/aromatic N) is 3. The van der Waals surface area contributed by atoms with Crippen LogP contribution in [0.15, 0.2) is 11.0 Å². The van der Waals surface area contributed by atoms with Crippen LogP contribution in [0.2, 0.25) is 5.02 Å². The summed E-state index contributed by atoms with van der Waals surface area (Å²) in [6.45, 7) is 5.67. The van der Waals surface area contributed by atoms with Crippen LogP contribution in [-0.2, 0) is 11.3 Å². The number of hydrogen-bond acceptors (Lipinski definition) is 5. The van der Waals surface area contributed by atoms with E-state index in [-0.39, 0.29) is 10.6 Å². The van der Waals surface area contributed by atoms with Gasteiger partial charge in [0.15, 0.2) is 0 Å². The Kier molecular flexibility index (Phi) is 6.02. The first-order chi connectivity index (χ1) is 10.2. The third-order valence-corrected chi connectivity index (χ3v) is 4.08. The Labute approximate surface area is 130 Å². The van der Waals surface area contributed by atoms with Gasteiger partial charge in [0.25, 0.3) is 5.56 Å². The maximum Gasteiger partial charge on any atom is 0.287 e. The van der Waals surface area contributed by atoms with E-state index in [4.69, 9.17) is 16.3 Å². The average molecular weight is 315 g/mol. The molecule has 0 spiro atoms. The number of anilines is 1. The average Bonchev–Trinajstić information content (AvgIpc) is 2.49. The molecule has 7 heteroatoms. The van der Waals surface area contributed by atoms with Crippen molar-refractivity contribution >= 4 is 17.3 Å². The van der Waals surface area contributed by atoms with E-state index in [0.717, 1.165) is 38.2 Å². The Morgan fingerprint density at radius 2 is 2.38 bits per heavy atom. The van der Waals surface area contributed by atoms with Crippen LogP contribution in [0.4, 0.5) is 5.69 Å². The number of nitrogens with one attached hydrogen (secondary N) is 1. The summed E-state index contributed by atoms with van der Waals surface area (Å²) in [6.07, 6.45) is 3.93. The van der Waals surface area contributed by atoms with Gasteiger partial charge in [-0.15, -0.1) is 0 Å². The van der Waals surface area contributed by atoms with E-state index in [1.807, 2.05) is 0 Å². The molecule has 1 aromatic heterocycles. The van der Waals surface area contributed by atoms with Crippen molar-refractivity contribution in [2.75, 3.05) is 38.3 Å². The van der Waals surface area contributed by atoms with Crippen molar-refractivity contribution in [1.82, 2.24) is 15.1 Å². The summed E-state index contributed by atoms with van der Waals surface area (Å²) < 4.78 is 6.31. The Hall–Kier alpha value is -1.11. The highest BCUT2D eigenvalue weighted by Gasteiger charge is 2.22. The molecule has 0 saturated carbocycles. The quantitative estimate of drug-likeness (QED) is 0.853. The van der Waals surface area contributed by atoms with Crippen LogP contribution in [0.5, 0.6) is 0 Å². The summed E-state index contributed by atoms with van der Waals surface area (Å²) in [4.78, 5) is 14.4. The van der Waals surface area contributed by atoms with Gasteiger partial charge in [0.05, 0.1) is 25.0 Å². The van der Waals surface area contributed by atoms with Gasteiger partial charge in [-0.1, -0.05) is 18.5 Å². The van der Waals surface area contributed by atoms with Gasteiger partial charge in [-0.25, -0.2) is 4.68 Å². The molecule has 1 saturated heterocycles. The molecule has 1 aliphatic rings. The molecule has 1 fully saturated rings. The predicted molar refractivity (Wildman–Crippen MR) is 84.3 cm³/mol. The number of halogens is 1. The lowest BCUT2D eigenvalue weighted by molar-refractivity contribution is 0.182. The molecule has 1 aliphatic heterocycles. The van der Waals surface area contributed by atoms with E-state index < -0.39 is 0 Å². The van der Waals surface area contributed by atoms with E-state index in [2.05, 4.69) is 22.2 Å². The van der Waals surface area contributed by atoms with Crippen LogP contribution >= 0.6 is 11.6 Å². The zero-order valence-electron chi connectivity index (χ0n) is 12.6. The molecule has 0 radical (unpaired) electrons. The van der Waals surface area contributed by atoms with Crippen LogP contribution in [0.25, 0.3) is 0 Å². The van der Waals surface area contributed by atoms with Crippen molar-refractivity contribution in [2.24, 2.45) is 0 Å². The van der Waals surface area contributed by atoms with E-state index in [0.29, 0.717) is 19.2 Å². The topological polar surface area (TPSA) is 59.4 Å². The number of aromatic nitrogens is 2. The summed E-state index contributed by atoms with van der Waals surface area (Å²) in [7, 11) is 1.59. The second-order valence-electron chi connectivity index (χ2n) is 5.21. The Morgan fingerprint density at radius 1 is 1.57 bits per heavy atom. The summed E-state index contributed by atoms with van der Waals surface area (Å²) in [5.74, 6) is 0. The lowest BCUT2D eigenvalue weighted by Crippen LogP contribution is -2.46. The standard InChI is InChI=1S/C14H23ClN4O2/c1-3-16-11-5-4-6-18(10-11)12-9-17-19(7-8-21-2)14(20)13(12)15/h9,11,16H,3-8,10H2,1-2H3. The molecule has 6 nitrogen and oxygen atoms in total. The van der Waals surface area contributed by atoms with Crippen molar-refractivity contribution in [3.63, 3.8) is 0 Å². The molecular weight excluding hydrogens is 292 g/mol. The maximum absolute atomic E-state index is 12.2. The summed E-state index contributed by atoms with van der Waals surface area (Å²) in [5.41, 5.74) is 0.481. The molecule has 1 N–H and O–H groups in total. The van der Waals surface area contributed by atoms with Crippen molar-refractivity contribution in [3.05, 3.63) is 21.6 Å². The highest BCUT2D eigenvalue weighted by atomic mass is 35.5. The number of hydrogen-bond donors (Lipinski definition) is 1. The molecule has 0 bridgehead atoms. The first-order valence-electron chi connectivity index (χ1n) is 7.40. The molecular formula is C14H23ClN4O2. The van der Waals surface area contributed by atoms with E-state index in [9.17, 15) is 4.79 Å². The minimum absolute atomic E-state index is 0.248. The van der Waals surface area contributed by atoms with Gasteiger partial charge in [0.2, 0.25) is 0 Å². The number of methoxy groups -OCH3 is 1. The summed E-state index contributed by atoms with van der Waals surface area (Å²) >= 11 is 6.26. The second-order valence-corrected chi connectivity index (χ2v) is 5.59. The fraction of sp³-hybridized carbons (Fsp3) is 0.714. The molecule has 1 aromatic rings. The number of rotatable bonds is 6. The third-order valence-electron chi connectivity index (χ3n) is 3.73. The first-order valence-corrected chi connectivity index (χ1v) is 7.78. The van der Waals surface area contributed by atoms with E-state index in [1.165, 1.54) is 4.68 Å². The van der Waals surface area contributed by atoms with Crippen LogP contribution in [0.1, 0.15) is 19.8 Å². The van der Waals surface area contributed by atoms with E-state index >= 15 is 0 Å². The monoisotopic (exact) mass is 314 g/mol. The van der Waals surface area contributed by atoms with Gasteiger partial charge in [-0.2, -0.15) is 5.10 Å². The van der Waals surface area contributed by atoms with Crippen molar-refractivity contribution in [1.29, 1.82) is 0 Å².